The Morgan fingerprint density at radius 3 is 2.86 bits per heavy atom. The van der Waals surface area contributed by atoms with Gasteiger partial charge in [0.1, 0.15) is 0 Å². The van der Waals surface area contributed by atoms with Crippen LogP contribution in [0.5, 0.6) is 0 Å². The summed E-state index contributed by atoms with van der Waals surface area (Å²) in [6, 6.07) is 5.94. The maximum Gasteiger partial charge on any atom is 0.0684 e. The van der Waals surface area contributed by atoms with Gasteiger partial charge in [-0.2, -0.15) is 0 Å². The molecule has 3 N–H and O–H groups in total. The number of nitrogens with two attached hydrogens (primary N) is 1. The third-order valence-corrected chi connectivity index (χ3v) is 2.29. The first-order valence-corrected chi connectivity index (χ1v) is 4.85. The van der Waals surface area contributed by atoms with Crippen molar-refractivity contribution in [3.05, 3.63) is 41.0 Å². The summed E-state index contributed by atoms with van der Waals surface area (Å²) in [6.45, 7) is 2.80. The minimum absolute atomic E-state index is 0.102. The molecule has 0 amide bonds. The van der Waals surface area contributed by atoms with Crippen LogP contribution in [0.25, 0.3) is 6.08 Å². The van der Waals surface area contributed by atoms with Crippen molar-refractivity contribution in [3.63, 3.8) is 0 Å². The van der Waals surface area contributed by atoms with Crippen LogP contribution in [0, 0.1) is 6.92 Å². The summed E-state index contributed by atoms with van der Waals surface area (Å²) >= 11 is 0. The Kier molecular flexibility index (Phi) is 4.36. The molecule has 0 heterocycles. The second kappa shape index (κ2) is 5.58. The van der Waals surface area contributed by atoms with Gasteiger partial charge in [0, 0.05) is 0 Å². The molecular weight excluding hydrogens is 174 g/mol. The van der Waals surface area contributed by atoms with Gasteiger partial charge in [-0.25, -0.2) is 0 Å². The fraction of sp³-hybridized carbons (Fsp3) is 0.333. The normalized spacial score (nSPS) is 11.1. The van der Waals surface area contributed by atoms with E-state index >= 15 is 0 Å². The van der Waals surface area contributed by atoms with Crippen LogP contribution < -0.4 is 5.73 Å². The van der Waals surface area contributed by atoms with Gasteiger partial charge in [-0.3, -0.25) is 0 Å². The standard InChI is InChI=1S/C12H17NO/c1-10-11(5-2-3-8-13)6-4-7-12(10)9-14/h2,4-7,14H,3,8-9,13H2,1H3. The van der Waals surface area contributed by atoms with Crippen LogP contribution in [0.4, 0.5) is 0 Å². The summed E-state index contributed by atoms with van der Waals surface area (Å²) in [5.74, 6) is 0. The number of benzene rings is 1. The van der Waals surface area contributed by atoms with Crippen molar-refractivity contribution in [1.82, 2.24) is 0 Å². The number of hydrogen-bond acceptors (Lipinski definition) is 2. The first kappa shape index (κ1) is 11.0. The van der Waals surface area contributed by atoms with Crippen molar-refractivity contribution in [1.29, 1.82) is 0 Å². The van der Waals surface area contributed by atoms with Crippen LogP contribution in [0.3, 0.4) is 0 Å². The Labute approximate surface area is 85.1 Å². The van der Waals surface area contributed by atoms with Gasteiger partial charge in [-0.1, -0.05) is 30.4 Å². The smallest absolute Gasteiger partial charge is 0.0684 e. The summed E-state index contributed by atoms with van der Waals surface area (Å²) in [5, 5.41) is 9.07. The summed E-state index contributed by atoms with van der Waals surface area (Å²) in [5.41, 5.74) is 8.68. The highest BCUT2D eigenvalue weighted by Gasteiger charge is 1.99. The number of hydrogen-bond donors (Lipinski definition) is 2. The molecule has 2 nitrogen and oxygen atoms in total. The third kappa shape index (κ3) is 2.69. The van der Waals surface area contributed by atoms with Gasteiger partial charge in [-0.15, -0.1) is 0 Å². The van der Waals surface area contributed by atoms with Crippen molar-refractivity contribution in [2.75, 3.05) is 6.54 Å². The maximum atomic E-state index is 9.07. The lowest BCUT2D eigenvalue weighted by Gasteiger charge is -2.05. The molecule has 76 valence electrons. The molecule has 0 saturated heterocycles. The van der Waals surface area contributed by atoms with E-state index in [4.69, 9.17) is 10.8 Å². The highest BCUT2D eigenvalue weighted by Crippen LogP contribution is 2.15. The molecule has 0 bridgehead atoms. The second-order valence-corrected chi connectivity index (χ2v) is 3.27. The minimum Gasteiger partial charge on any atom is -0.392 e. The first-order valence-electron chi connectivity index (χ1n) is 4.85. The van der Waals surface area contributed by atoms with Crippen LogP contribution in [0.15, 0.2) is 24.3 Å². The van der Waals surface area contributed by atoms with Crippen molar-refractivity contribution in [2.45, 2.75) is 20.0 Å². The van der Waals surface area contributed by atoms with E-state index in [1.807, 2.05) is 25.1 Å². The predicted molar refractivity (Wildman–Crippen MR) is 59.8 cm³/mol. The monoisotopic (exact) mass is 191 g/mol. The summed E-state index contributed by atoms with van der Waals surface area (Å²) in [4.78, 5) is 0. The number of rotatable bonds is 4. The zero-order valence-electron chi connectivity index (χ0n) is 8.53. The van der Waals surface area contributed by atoms with E-state index in [0.29, 0.717) is 6.54 Å². The third-order valence-electron chi connectivity index (χ3n) is 2.29. The molecule has 0 spiro atoms. The summed E-state index contributed by atoms with van der Waals surface area (Å²) in [7, 11) is 0. The quantitative estimate of drug-likeness (QED) is 0.763. The zero-order chi connectivity index (χ0) is 10.4. The molecule has 0 atom stereocenters. The lowest BCUT2D eigenvalue weighted by Crippen LogP contribution is -1.95. The number of aliphatic hydroxyl groups excluding tert-OH is 1. The van der Waals surface area contributed by atoms with E-state index in [-0.39, 0.29) is 6.61 Å². The predicted octanol–water partition coefficient (Wildman–Crippen LogP) is 1.85. The van der Waals surface area contributed by atoms with Gasteiger partial charge in [0.15, 0.2) is 0 Å². The van der Waals surface area contributed by atoms with Crippen molar-refractivity contribution in [2.24, 2.45) is 5.73 Å². The summed E-state index contributed by atoms with van der Waals surface area (Å²) < 4.78 is 0. The second-order valence-electron chi connectivity index (χ2n) is 3.27. The minimum atomic E-state index is 0.102. The van der Waals surface area contributed by atoms with Crippen molar-refractivity contribution >= 4 is 6.08 Å². The fourth-order valence-electron chi connectivity index (χ4n) is 1.36. The molecule has 0 aliphatic heterocycles. The van der Waals surface area contributed by atoms with Crippen LogP contribution in [-0.2, 0) is 6.61 Å². The Morgan fingerprint density at radius 1 is 1.43 bits per heavy atom. The van der Waals surface area contributed by atoms with E-state index in [2.05, 4.69) is 12.2 Å². The molecule has 14 heavy (non-hydrogen) atoms. The molecular formula is C12H17NO. The Hall–Kier alpha value is -1.12. The molecule has 2 heteroatoms. The zero-order valence-corrected chi connectivity index (χ0v) is 8.53. The average molecular weight is 191 g/mol. The Bertz CT molecular complexity index is 318. The highest BCUT2D eigenvalue weighted by molar-refractivity contribution is 5.55. The van der Waals surface area contributed by atoms with Gasteiger partial charge in [0.05, 0.1) is 6.61 Å². The number of aliphatic hydroxyl groups is 1. The van der Waals surface area contributed by atoms with Crippen LogP contribution in [-0.4, -0.2) is 11.7 Å². The van der Waals surface area contributed by atoms with Crippen LogP contribution >= 0.6 is 0 Å². The van der Waals surface area contributed by atoms with E-state index in [1.165, 1.54) is 0 Å². The van der Waals surface area contributed by atoms with E-state index in [0.717, 1.165) is 23.1 Å². The Balaban J connectivity index is 2.86. The molecule has 0 saturated carbocycles. The molecule has 0 unspecified atom stereocenters. The molecule has 0 radical (unpaired) electrons. The molecule has 1 aromatic carbocycles. The average Bonchev–Trinajstić information content (AvgIpc) is 2.21. The van der Waals surface area contributed by atoms with Gasteiger partial charge in [0.2, 0.25) is 0 Å². The lowest BCUT2D eigenvalue weighted by molar-refractivity contribution is 0.281. The van der Waals surface area contributed by atoms with Gasteiger partial charge in [-0.05, 0) is 36.6 Å². The SMILES string of the molecule is Cc1c(C=CCCN)cccc1CO. The molecule has 1 rings (SSSR count). The molecule has 0 aliphatic carbocycles. The fourth-order valence-corrected chi connectivity index (χ4v) is 1.36. The highest BCUT2D eigenvalue weighted by atomic mass is 16.3. The van der Waals surface area contributed by atoms with E-state index in [1.54, 1.807) is 0 Å². The maximum absolute atomic E-state index is 9.07. The lowest BCUT2D eigenvalue weighted by atomic mass is 10.0. The Morgan fingerprint density at radius 2 is 2.21 bits per heavy atom. The topological polar surface area (TPSA) is 46.2 Å². The largest absolute Gasteiger partial charge is 0.392 e. The van der Waals surface area contributed by atoms with Crippen LogP contribution in [0.2, 0.25) is 0 Å². The first-order chi connectivity index (χ1) is 6.79. The molecule has 1 aromatic rings. The van der Waals surface area contributed by atoms with Gasteiger partial charge in [0.25, 0.3) is 0 Å². The van der Waals surface area contributed by atoms with Crippen molar-refractivity contribution < 1.29 is 5.11 Å². The van der Waals surface area contributed by atoms with Gasteiger partial charge >= 0.3 is 0 Å². The van der Waals surface area contributed by atoms with E-state index < -0.39 is 0 Å². The summed E-state index contributed by atoms with van der Waals surface area (Å²) in [6.07, 6.45) is 5.01. The molecule has 0 aliphatic rings. The van der Waals surface area contributed by atoms with Crippen LogP contribution in [0.1, 0.15) is 23.1 Å². The molecule has 0 fully saturated rings. The van der Waals surface area contributed by atoms with Crippen molar-refractivity contribution in [3.8, 4) is 0 Å². The van der Waals surface area contributed by atoms with Gasteiger partial charge < -0.3 is 10.8 Å². The van der Waals surface area contributed by atoms with E-state index in [9.17, 15) is 0 Å². The molecule has 0 aromatic heterocycles.